The normalized spacial score (nSPS) is 24.3. The summed E-state index contributed by atoms with van der Waals surface area (Å²) in [6.45, 7) is 0.600. The maximum absolute atomic E-state index is 11.6. The van der Waals surface area contributed by atoms with Crippen LogP contribution >= 0.6 is 0 Å². The average molecular weight is 381 g/mol. The third-order valence-electron chi connectivity index (χ3n) is 4.07. The maximum atomic E-state index is 11.6. The van der Waals surface area contributed by atoms with E-state index in [9.17, 15) is 24.9 Å². The molecule has 0 bridgehead atoms. The zero-order valence-corrected chi connectivity index (χ0v) is 14.7. The highest BCUT2D eigenvalue weighted by Crippen LogP contribution is 2.25. The topological polar surface area (TPSA) is 146 Å². The van der Waals surface area contributed by atoms with Crippen molar-refractivity contribution in [2.75, 3.05) is 6.61 Å². The second kappa shape index (κ2) is 9.47. The van der Waals surface area contributed by atoms with E-state index in [1.165, 1.54) is 13.0 Å². The molecule has 0 saturated carbocycles. The number of hydrogen-bond acceptors (Lipinski definition) is 7. The molecule has 1 heterocycles. The fraction of sp³-hybridized carbons (Fsp3) is 0.444. The molecule has 5 N–H and O–H groups in total. The Balaban J connectivity index is 2.30. The largest absolute Gasteiger partial charge is 0.478 e. The van der Waals surface area contributed by atoms with E-state index in [4.69, 9.17) is 14.6 Å². The lowest BCUT2D eigenvalue weighted by atomic mass is 9.93. The van der Waals surface area contributed by atoms with Crippen molar-refractivity contribution in [1.29, 1.82) is 0 Å². The molecule has 0 spiro atoms. The van der Waals surface area contributed by atoms with E-state index in [1.54, 1.807) is 0 Å². The van der Waals surface area contributed by atoms with Crippen molar-refractivity contribution in [1.82, 2.24) is 5.32 Å². The molecule has 9 nitrogen and oxygen atoms in total. The zero-order valence-electron chi connectivity index (χ0n) is 14.7. The molecule has 0 unspecified atom stereocenters. The standard InChI is InChI=1S/C18H23NO8/c1-10(21)19-15-13(26-9-11-5-3-2-4-6-11)7-14(18(24)25)27-17(15)16(23)12(22)8-20/h2-7,12-13,15-17,20,22-23H,8-9H2,1H3,(H,19,21)(H,24,25)/t12-,13+,15-,16-,17-/m1/s1. The summed E-state index contributed by atoms with van der Waals surface area (Å²) in [6.07, 6.45) is -4.33. The second-order valence-electron chi connectivity index (χ2n) is 6.15. The van der Waals surface area contributed by atoms with Crippen molar-refractivity contribution >= 4 is 11.9 Å². The highest BCUT2D eigenvalue weighted by Gasteiger charge is 2.44. The van der Waals surface area contributed by atoms with Gasteiger partial charge in [0.05, 0.1) is 19.3 Å². The summed E-state index contributed by atoms with van der Waals surface area (Å²) < 4.78 is 11.0. The molecule has 0 aliphatic carbocycles. The number of carbonyl (C=O) groups is 2. The fourth-order valence-electron chi connectivity index (χ4n) is 2.75. The Morgan fingerprint density at radius 2 is 1.93 bits per heavy atom. The molecule has 148 valence electrons. The quantitative estimate of drug-likeness (QED) is 0.392. The Kier molecular flexibility index (Phi) is 7.31. The zero-order chi connectivity index (χ0) is 20.0. The van der Waals surface area contributed by atoms with Crippen LogP contribution in [0, 0.1) is 0 Å². The van der Waals surface area contributed by atoms with Gasteiger partial charge in [0.2, 0.25) is 11.7 Å². The van der Waals surface area contributed by atoms with E-state index in [1.807, 2.05) is 30.3 Å². The number of benzene rings is 1. The third-order valence-corrected chi connectivity index (χ3v) is 4.07. The van der Waals surface area contributed by atoms with Crippen LogP contribution in [-0.4, -0.2) is 69.4 Å². The molecule has 1 aliphatic rings. The molecular weight excluding hydrogens is 358 g/mol. The van der Waals surface area contributed by atoms with Gasteiger partial charge in [-0.15, -0.1) is 0 Å². The van der Waals surface area contributed by atoms with Gasteiger partial charge in [-0.2, -0.15) is 0 Å². The first-order chi connectivity index (χ1) is 12.8. The number of aliphatic carboxylic acids is 1. The second-order valence-corrected chi connectivity index (χ2v) is 6.15. The number of rotatable bonds is 8. The molecule has 0 saturated heterocycles. The summed E-state index contributed by atoms with van der Waals surface area (Å²) in [5.74, 6) is -2.33. The van der Waals surface area contributed by atoms with Gasteiger partial charge in [-0.1, -0.05) is 30.3 Å². The van der Waals surface area contributed by atoms with Crippen LogP contribution in [0.1, 0.15) is 12.5 Å². The Bertz CT molecular complexity index is 677. The number of amides is 1. The Hall–Kier alpha value is -2.46. The lowest BCUT2D eigenvalue weighted by Crippen LogP contribution is -2.60. The van der Waals surface area contributed by atoms with Crippen LogP contribution in [0.5, 0.6) is 0 Å². The van der Waals surface area contributed by atoms with E-state index >= 15 is 0 Å². The molecule has 1 aromatic carbocycles. The Labute approximate surface area is 155 Å². The van der Waals surface area contributed by atoms with Crippen molar-refractivity contribution in [2.24, 2.45) is 0 Å². The molecule has 1 aromatic rings. The number of ether oxygens (including phenoxy) is 2. The number of hydrogen-bond donors (Lipinski definition) is 5. The first-order valence-electron chi connectivity index (χ1n) is 8.35. The first kappa shape index (κ1) is 20.8. The minimum absolute atomic E-state index is 0.121. The molecule has 9 heteroatoms. The summed E-state index contributed by atoms with van der Waals surface area (Å²) in [6, 6.07) is 8.12. The number of carboxylic acid groups (broad SMARTS) is 1. The number of aliphatic hydroxyl groups is 3. The van der Waals surface area contributed by atoms with Gasteiger partial charge in [0, 0.05) is 6.92 Å². The highest BCUT2D eigenvalue weighted by atomic mass is 16.5. The third kappa shape index (κ3) is 5.51. The monoisotopic (exact) mass is 381 g/mol. The first-order valence-corrected chi connectivity index (χ1v) is 8.35. The number of aliphatic hydroxyl groups excluding tert-OH is 3. The smallest absolute Gasteiger partial charge is 0.370 e. The molecule has 0 aromatic heterocycles. The van der Waals surface area contributed by atoms with Gasteiger partial charge in [0.1, 0.15) is 18.3 Å². The predicted molar refractivity (Wildman–Crippen MR) is 92.3 cm³/mol. The van der Waals surface area contributed by atoms with E-state index in [0.717, 1.165) is 5.56 Å². The van der Waals surface area contributed by atoms with E-state index < -0.39 is 54.7 Å². The predicted octanol–water partition coefficient (Wildman–Crippen LogP) is -0.842. The van der Waals surface area contributed by atoms with Crippen molar-refractivity contribution in [3.05, 3.63) is 47.7 Å². The van der Waals surface area contributed by atoms with Gasteiger partial charge in [-0.3, -0.25) is 4.79 Å². The highest BCUT2D eigenvalue weighted by molar-refractivity contribution is 5.84. The van der Waals surface area contributed by atoms with Crippen LogP contribution in [0.25, 0.3) is 0 Å². The van der Waals surface area contributed by atoms with Crippen LogP contribution < -0.4 is 5.32 Å². The molecule has 0 fully saturated rings. The summed E-state index contributed by atoms with van der Waals surface area (Å²) in [5.41, 5.74) is 0.823. The van der Waals surface area contributed by atoms with Gasteiger partial charge in [0.25, 0.3) is 0 Å². The van der Waals surface area contributed by atoms with Crippen LogP contribution in [0.2, 0.25) is 0 Å². The van der Waals surface area contributed by atoms with Gasteiger partial charge < -0.3 is 35.2 Å². The summed E-state index contributed by atoms with van der Waals surface area (Å²) in [4.78, 5) is 23.0. The molecule has 1 aliphatic heterocycles. The minimum Gasteiger partial charge on any atom is -0.478 e. The van der Waals surface area contributed by atoms with Gasteiger partial charge in [-0.05, 0) is 11.6 Å². The number of carbonyl (C=O) groups excluding carboxylic acids is 1. The lowest BCUT2D eigenvalue weighted by Gasteiger charge is -2.39. The molecule has 0 radical (unpaired) electrons. The van der Waals surface area contributed by atoms with Crippen molar-refractivity contribution in [2.45, 2.75) is 44.0 Å². The van der Waals surface area contributed by atoms with Crippen LogP contribution in [0.15, 0.2) is 42.2 Å². The van der Waals surface area contributed by atoms with Gasteiger partial charge in [-0.25, -0.2) is 4.79 Å². The average Bonchev–Trinajstić information content (AvgIpc) is 2.65. The SMILES string of the molecule is CC(=O)N[C@H]1[C@H]([C@H](O)[C@H](O)CO)OC(C(=O)O)=C[C@@H]1OCc1ccccc1. The van der Waals surface area contributed by atoms with E-state index in [0.29, 0.717) is 0 Å². The van der Waals surface area contributed by atoms with Crippen LogP contribution in [0.4, 0.5) is 0 Å². The van der Waals surface area contributed by atoms with Crippen molar-refractivity contribution < 1.29 is 39.5 Å². The molecule has 5 atom stereocenters. The summed E-state index contributed by atoms with van der Waals surface area (Å²) in [5, 5.41) is 40.9. The Morgan fingerprint density at radius 1 is 1.26 bits per heavy atom. The number of carboxylic acids is 1. The Morgan fingerprint density at radius 3 is 2.48 bits per heavy atom. The van der Waals surface area contributed by atoms with Crippen molar-refractivity contribution in [3.8, 4) is 0 Å². The number of nitrogens with one attached hydrogen (secondary N) is 1. The molecule has 1 amide bonds. The molecule has 27 heavy (non-hydrogen) atoms. The van der Waals surface area contributed by atoms with Crippen LogP contribution in [-0.2, 0) is 25.7 Å². The maximum Gasteiger partial charge on any atom is 0.370 e. The van der Waals surface area contributed by atoms with Crippen molar-refractivity contribution in [3.63, 3.8) is 0 Å². The summed E-state index contributed by atoms with van der Waals surface area (Å²) >= 11 is 0. The molecule has 2 rings (SSSR count). The van der Waals surface area contributed by atoms with E-state index in [2.05, 4.69) is 5.32 Å². The lowest BCUT2D eigenvalue weighted by molar-refractivity contribution is -0.152. The fourth-order valence-corrected chi connectivity index (χ4v) is 2.75. The summed E-state index contributed by atoms with van der Waals surface area (Å²) in [7, 11) is 0. The van der Waals surface area contributed by atoms with Gasteiger partial charge in [0.15, 0.2) is 6.10 Å². The van der Waals surface area contributed by atoms with Crippen LogP contribution in [0.3, 0.4) is 0 Å². The minimum atomic E-state index is -1.65. The van der Waals surface area contributed by atoms with Gasteiger partial charge >= 0.3 is 5.97 Å². The molecular formula is C18H23NO8. The van der Waals surface area contributed by atoms with E-state index in [-0.39, 0.29) is 6.61 Å².